The lowest BCUT2D eigenvalue weighted by Gasteiger charge is -2.33. The lowest BCUT2D eigenvalue weighted by molar-refractivity contribution is -0.132. The van der Waals surface area contributed by atoms with E-state index >= 15 is 0 Å². The number of para-hydroxylation sites is 1. The summed E-state index contributed by atoms with van der Waals surface area (Å²) >= 11 is 0. The van der Waals surface area contributed by atoms with Gasteiger partial charge in [-0.05, 0) is 18.2 Å². The lowest BCUT2D eigenvalue weighted by atomic mass is 9.84. The largest absolute Gasteiger partial charge is 0.493 e. The smallest absolute Gasteiger partial charge is 0.325 e. The molecule has 1 atom stereocenters. The first kappa shape index (κ1) is 17.4. The van der Waals surface area contributed by atoms with Crippen LogP contribution in [0.2, 0.25) is 0 Å². The first-order valence-electron chi connectivity index (χ1n) is 9.34. The minimum atomic E-state index is -1.17. The third kappa shape index (κ3) is 2.38. The molecular weight excluding hydrogens is 374 g/mol. The van der Waals surface area contributed by atoms with E-state index in [1.165, 1.54) is 0 Å². The third-order valence-corrected chi connectivity index (χ3v) is 5.68. The SMILES string of the molecule is O=C1N[C@]2(CCOc3ccccc32)C(=O)N1CCN1C(=O)c2ccccc2C1=O. The first-order valence-corrected chi connectivity index (χ1v) is 9.34. The van der Waals surface area contributed by atoms with Gasteiger partial charge in [0, 0.05) is 25.1 Å². The first-order chi connectivity index (χ1) is 14.0. The number of hydrogen-bond donors (Lipinski definition) is 1. The number of urea groups is 1. The molecule has 29 heavy (non-hydrogen) atoms. The fraction of sp³-hybridized carbons (Fsp3) is 0.238. The topological polar surface area (TPSA) is 96.0 Å². The van der Waals surface area contributed by atoms with Crippen molar-refractivity contribution in [1.29, 1.82) is 0 Å². The lowest BCUT2D eigenvalue weighted by Crippen LogP contribution is -2.48. The molecular formula is C21H17N3O5. The molecule has 2 aromatic rings. The molecule has 5 rings (SSSR count). The van der Waals surface area contributed by atoms with E-state index in [2.05, 4.69) is 5.32 Å². The van der Waals surface area contributed by atoms with Crippen LogP contribution in [0.15, 0.2) is 48.5 Å². The molecule has 1 spiro atoms. The van der Waals surface area contributed by atoms with Crippen molar-refractivity contribution < 1.29 is 23.9 Å². The molecule has 0 unspecified atom stereocenters. The number of fused-ring (bicyclic) bond motifs is 3. The van der Waals surface area contributed by atoms with Gasteiger partial charge in [-0.2, -0.15) is 0 Å². The van der Waals surface area contributed by atoms with E-state index < -0.39 is 29.3 Å². The highest BCUT2D eigenvalue weighted by Crippen LogP contribution is 2.40. The van der Waals surface area contributed by atoms with Crippen LogP contribution in [0.25, 0.3) is 0 Å². The zero-order chi connectivity index (χ0) is 20.2. The minimum absolute atomic E-state index is 0.0558. The molecule has 1 fully saturated rings. The van der Waals surface area contributed by atoms with Gasteiger partial charge in [0.15, 0.2) is 5.54 Å². The van der Waals surface area contributed by atoms with E-state index in [9.17, 15) is 19.2 Å². The number of nitrogens with one attached hydrogen (secondary N) is 1. The molecule has 0 aromatic heterocycles. The van der Waals surface area contributed by atoms with Gasteiger partial charge < -0.3 is 10.1 Å². The van der Waals surface area contributed by atoms with Crippen molar-refractivity contribution >= 4 is 23.8 Å². The number of nitrogens with zero attached hydrogens (tertiary/aromatic N) is 2. The number of amides is 5. The Balaban J connectivity index is 1.38. The fourth-order valence-corrected chi connectivity index (χ4v) is 4.22. The maximum absolute atomic E-state index is 13.2. The van der Waals surface area contributed by atoms with Crippen LogP contribution in [-0.4, -0.2) is 53.2 Å². The maximum Gasteiger partial charge on any atom is 0.325 e. The van der Waals surface area contributed by atoms with Gasteiger partial charge in [-0.3, -0.25) is 24.2 Å². The van der Waals surface area contributed by atoms with Crippen molar-refractivity contribution in [3.63, 3.8) is 0 Å². The Morgan fingerprint density at radius 1 is 0.862 bits per heavy atom. The Hall–Kier alpha value is -3.68. The zero-order valence-electron chi connectivity index (χ0n) is 15.4. The molecule has 8 nitrogen and oxygen atoms in total. The van der Waals surface area contributed by atoms with E-state index in [1.807, 2.05) is 0 Å². The summed E-state index contributed by atoms with van der Waals surface area (Å²) in [5.41, 5.74) is 0.121. The standard InChI is InChI=1S/C21H17N3O5/c25-17-13-5-1-2-6-14(13)18(26)23(17)10-11-24-19(27)21(22-20(24)28)9-12-29-16-8-4-3-7-15(16)21/h1-8H,9-12H2,(H,22,28)/t21-/m0/s1. The predicted octanol–water partition coefficient (Wildman–Crippen LogP) is 1.51. The summed E-state index contributed by atoms with van der Waals surface area (Å²) in [6, 6.07) is 13.2. The average molecular weight is 391 g/mol. The van der Waals surface area contributed by atoms with Crippen molar-refractivity contribution in [3.05, 3.63) is 65.2 Å². The van der Waals surface area contributed by atoms with Gasteiger partial charge in [-0.1, -0.05) is 30.3 Å². The van der Waals surface area contributed by atoms with E-state index in [4.69, 9.17) is 4.74 Å². The van der Waals surface area contributed by atoms with Gasteiger partial charge in [-0.25, -0.2) is 4.79 Å². The predicted molar refractivity (Wildman–Crippen MR) is 100 cm³/mol. The summed E-state index contributed by atoms with van der Waals surface area (Å²) in [7, 11) is 0. The number of benzene rings is 2. The quantitative estimate of drug-likeness (QED) is 0.632. The zero-order valence-corrected chi connectivity index (χ0v) is 15.4. The molecule has 0 saturated carbocycles. The fourth-order valence-electron chi connectivity index (χ4n) is 4.22. The number of imide groups is 2. The molecule has 1 saturated heterocycles. The molecule has 1 N–H and O–H groups in total. The Bertz CT molecular complexity index is 1050. The van der Waals surface area contributed by atoms with Crippen molar-refractivity contribution in [2.24, 2.45) is 0 Å². The summed E-state index contributed by atoms with van der Waals surface area (Å²) in [6.45, 7) is 0.177. The molecule has 8 heteroatoms. The average Bonchev–Trinajstić information content (AvgIpc) is 3.12. The highest BCUT2D eigenvalue weighted by atomic mass is 16.5. The molecule has 3 heterocycles. The van der Waals surface area contributed by atoms with Crippen LogP contribution in [0.5, 0.6) is 5.75 Å². The summed E-state index contributed by atoms with van der Waals surface area (Å²) < 4.78 is 5.61. The molecule has 146 valence electrons. The Morgan fingerprint density at radius 2 is 1.48 bits per heavy atom. The van der Waals surface area contributed by atoms with E-state index in [0.717, 1.165) is 9.80 Å². The maximum atomic E-state index is 13.2. The highest BCUT2D eigenvalue weighted by molar-refractivity contribution is 6.21. The van der Waals surface area contributed by atoms with E-state index in [0.29, 0.717) is 35.5 Å². The van der Waals surface area contributed by atoms with Crippen molar-refractivity contribution in [3.8, 4) is 5.75 Å². The molecule has 5 amide bonds. The summed E-state index contributed by atoms with van der Waals surface area (Å²) in [4.78, 5) is 53.0. The molecule has 0 radical (unpaired) electrons. The van der Waals surface area contributed by atoms with Crippen molar-refractivity contribution in [1.82, 2.24) is 15.1 Å². The number of carbonyl (C=O) groups is 4. The molecule has 3 aliphatic rings. The highest BCUT2D eigenvalue weighted by Gasteiger charge is 2.54. The third-order valence-electron chi connectivity index (χ3n) is 5.68. The number of ether oxygens (including phenoxy) is 1. The Morgan fingerprint density at radius 3 is 2.21 bits per heavy atom. The van der Waals surface area contributed by atoms with Crippen LogP contribution < -0.4 is 10.1 Å². The van der Waals surface area contributed by atoms with Crippen LogP contribution in [0.4, 0.5) is 4.79 Å². The Kier molecular flexibility index (Phi) is 3.70. The molecule has 0 aliphatic carbocycles. The van der Waals surface area contributed by atoms with Crippen LogP contribution in [0.3, 0.4) is 0 Å². The second kappa shape index (κ2) is 6.16. The summed E-state index contributed by atoms with van der Waals surface area (Å²) in [6.07, 6.45) is 0.318. The van der Waals surface area contributed by atoms with Crippen LogP contribution in [0, 0.1) is 0 Å². The van der Waals surface area contributed by atoms with E-state index in [-0.39, 0.29) is 13.1 Å². The second-order valence-electron chi connectivity index (χ2n) is 7.19. The van der Waals surface area contributed by atoms with Gasteiger partial charge in [-0.15, -0.1) is 0 Å². The Labute approximate surface area is 166 Å². The van der Waals surface area contributed by atoms with Gasteiger partial charge in [0.1, 0.15) is 5.75 Å². The van der Waals surface area contributed by atoms with Crippen molar-refractivity contribution in [2.45, 2.75) is 12.0 Å². The van der Waals surface area contributed by atoms with E-state index in [1.54, 1.807) is 48.5 Å². The van der Waals surface area contributed by atoms with Crippen LogP contribution >= 0.6 is 0 Å². The van der Waals surface area contributed by atoms with Crippen LogP contribution in [0.1, 0.15) is 32.7 Å². The second-order valence-corrected chi connectivity index (χ2v) is 7.19. The molecule has 3 aliphatic heterocycles. The van der Waals surface area contributed by atoms with Gasteiger partial charge in [0.25, 0.3) is 17.7 Å². The molecule has 2 aromatic carbocycles. The normalized spacial score (nSPS) is 22.6. The van der Waals surface area contributed by atoms with Gasteiger partial charge in [0.2, 0.25) is 0 Å². The monoisotopic (exact) mass is 391 g/mol. The van der Waals surface area contributed by atoms with Crippen LogP contribution in [-0.2, 0) is 10.3 Å². The summed E-state index contributed by atoms with van der Waals surface area (Å²) in [5, 5.41) is 2.81. The molecule has 0 bridgehead atoms. The van der Waals surface area contributed by atoms with Crippen molar-refractivity contribution in [2.75, 3.05) is 19.7 Å². The number of carbonyl (C=O) groups excluding carboxylic acids is 4. The minimum Gasteiger partial charge on any atom is -0.493 e. The van der Waals surface area contributed by atoms with Gasteiger partial charge >= 0.3 is 6.03 Å². The number of hydrogen-bond acceptors (Lipinski definition) is 5. The number of rotatable bonds is 3. The summed E-state index contributed by atoms with van der Waals surface area (Å²) in [5.74, 6) is -0.656. The van der Waals surface area contributed by atoms with Gasteiger partial charge in [0.05, 0.1) is 17.7 Å².